The van der Waals surface area contributed by atoms with E-state index in [4.69, 9.17) is 0 Å². The van der Waals surface area contributed by atoms with Gasteiger partial charge in [0.1, 0.15) is 0 Å². The standard InChI is InChI=1S/C14H19NO/c1-10-6-11(2)8-13(7-10)14(16)15-9-12-4-3-5-12/h6-8,12H,3-5,9H2,1-2H3,(H,15,16). The van der Waals surface area contributed by atoms with Crippen LogP contribution in [0.4, 0.5) is 0 Å². The fourth-order valence-electron chi connectivity index (χ4n) is 2.14. The largest absolute Gasteiger partial charge is 0.352 e. The highest BCUT2D eigenvalue weighted by atomic mass is 16.1. The SMILES string of the molecule is Cc1cc(C)cc(C(=O)NCC2CCC2)c1. The predicted octanol–water partition coefficient (Wildman–Crippen LogP) is 2.83. The van der Waals surface area contributed by atoms with E-state index in [1.807, 2.05) is 26.0 Å². The highest BCUT2D eigenvalue weighted by Crippen LogP contribution is 2.25. The number of nitrogens with one attached hydrogen (secondary N) is 1. The third kappa shape index (κ3) is 2.63. The highest BCUT2D eigenvalue weighted by Gasteiger charge is 2.18. The minimum Gasteiger partial charge on any atom is -0.352 e. The molecule has 1 fully saturated rings. The summed E-state index contributed by atoms with van der Waals surface area (Å²) in [6, 6.07) is 5.98. The van der Waals surface area contributed by atoms with Gasteiger partial charge in [0.15, 0.2) is 0 Å². The van der Waals surface area contributed by atoms with Crippen LogP contribution in [0.1, 0.15) is 40.7 Å². The van der Waals surface area contributed by atoms with Gasteiger partial charge in [-0.2, -0.15) is 0 Å². The second-order valence-electron chi connectivity index (χ2n) is 4.88. The summed E-state index contributed by atoms with van der Waals surface area (Å²) in [5.74, 6) is 0.786. The van der Waals surface area contributed by atoms with Crippen molar-refractivity contribution in [3.8, 4) is 0 Å². The number of aryl methyl sites for hydroxylation is 2. The van der Waals surface area contributed by atoms with E-state index in [1.165, 1.54) is 19.3 Å². The highest BCUT2D eigenvalue weighted by molar-refractivity contribution is 5.94. The fourth-order valence-corrected chi connectivity index (χ4v) is 2.14. The molecule has 2 heteroatoms. The van der Waals surface area contributed by atoms with Gasteiger partial charge in [-0.1, -0.05) is 23.6 Å². The Morgan fingerprint density at radius 2 is 1.88 bits per heavy atom. The quantitative estimate of drug-likeness (QED) is 0.828. The number of carbonyl (C=O) groups excluding carboxylic acids is 1. The molecule has 1 aliphatic rings. The van der Waals surface area contributed by atoms with Crippen molar-refractivity contribution in [3.63, 3.8) is 0 Å². The molecule has 0 unspecified atom stereocenters. The lowest BCUT2D eigenvalue weighted by atomic mass is 9.85. The van der Waals surface area contributed by atoms with Crippen LogP contribution in [0.15, 0.2) is 18.2 Å². The molecule has 0 heterocycles. The molecule has 0 aliphatic heterocycles. The van der Waals surface area contributed by atoms with Crippen LogP contribution in [0.5, 0.6) is 0 Å². The summed E-state index contributed by atoms with van der Waals surface area (Å²) in [6.07, 6.45) is 3.87. The zero-order chi connectivity index (χ0) is 11.5. The Morgan fingerprint density at radius 3 is 2.38 bits per heavy atom. The Bertz CT molecular complexity index is 373. The molecule has 0 spiro atoms. The van der Waals surface area contributed by atoms with Crippen LogP contribution in [0.3, 0.4) is 0 Å². The van der Waals surface area contributed by atoms with Crippen molar-refractivity contribution in [1.29, 1.82) is 0 Å². The summed E-state index contributed by atoms with van der Waals surface area (Å²) in [4.78, 5) is 11.9. The first-order valence-corrected chi connectivity index (χ1v) is 6.01. The van der Waals surface area contributed by atoms with Gasteiger partial charge in [-0.15, -0.1) is 0 Å². The van der Waals surface area contributed by atoms with Crippen molar-refractivity contribution < 1.29 is 4.79 Å². The summed E-state index contributed by atoms with van der Waals surface area (Å²) in [7, 11) is 0. The molecule has 1 aromatic rings. The Morgan fingerprint density at radius 1 is 1.25 bits per heavy atom. The number of hydrogen-bond donors (Lipinski definition) is 1. The second kappa shape index (κ2) is 4.69. The van der Waals surface area contributed by atoms with E-state index in [0.717, 1.165) is 29.2 Å². The Labute approximate surface area is 97.1 Å². The maximum Gasteiger partial charge on any atom is 0.251 e. The summed E-state index contributed by atoms with van der Waals surface area (Å²) in [6.45, 7) is 4.89. The van der Waals surface area contributed by atoms with Crippen molar-refractivity contribution in [1.82, 2.24) is 5.32 Å². The number of benzene rings is 1. The van der Waals surface area contributed by atoms with Gasteiger partial charge >= 0.3 is 0 Å². The zero-order valence-electron chi connectivity index (χ0n) is 10.0. The minimum atomic E-state index is 0.0682. The second-order valence-corrected chi connectivity index (χ2v) is 4.88. The number of carbonyl (C=O) groups is 1. The van der Waals surface area contributed by atoms with E-state index < -0.39 is 0 Å². The molecular formula is C14H19NO. The van der Waals surface area contributed by atoms with Gasteiger partial charge in [0.2, 0.25) is 0 Å². The summed E-state index contributed by atoms with van der Waals surface area (Å²) >= 11 is 0. The van der Waals surface area contributed by atoms with Gasteiger partial charge in [0.25, 0.3) is 5.91 Å². The first-order valence-electron chi connectivity index (χ1n) is 6.01. The maximum absolute atomic E-state index is 11.9. The summed E-state index contributed by atoms with van der Waals surface area (Å²) in [5.41, 5.74) is 3.08. The Kier molecular flexibility index (Phi) is 3.28. The van der Waals surface area contributed by atoms with Crippen LogP contribution in [-0.4, -0.2) is 12.5 Å². The molecule has 1 aromatic carbocycles. The topological polar surface area (TPSA) is 29.1 Å². The monoisotopic (exact) mass is 217 g/mol. The average Bonchev–Trinajstić information content (AvgIpc) is 2.13. The van der Waals surface area contributed by atoms with E-state index in [2.05, 4.69) is 11.4 Å². The van der Waals surface area contributed by atoms with Gasteiger partial charge in [-0.05, 0) is 44.7 Å². The molecule has 1 aliphatic carbocycles. The molecule has 1 N–H and O–H groups in total. The lowest BCUT2D eigenvalue weighted by Gasteiger charge is -2.25. The van der Waals surface area contributed by atoms with Crippen molar-refractivity contribution in [2.75, 3.05) is 6.54 Å². The van der Waals surface area contributed by atoms with Crippen molar-refractivity contribution >= 4 is 5.91 Å². The molecule has 0 bridgehead atoms. The molecule has 0 saturated heterocycles. The number of rotatable bonds is 3. The van der Waals surface area contributed by atoms with Crippen molar-refractivity contribution in [2.24, 2.45) is 5.92 Å². The first-order chi connectivity index (χ1) is 7.65. The smallest absolute Gasteiger partial charge is 0.251 e. The van der Waals surface area contributed by atoms with Crippen LogP contribution in [0.2, 0.25) is 0 Å². The summed E-state index contributed by atoms with van der Waals surface area (Å²) in [5, 5.41) is 3.02. The van der Waals surface area contributed by atoms with Crippen molar-refractivity contribution in [3.05, 3.63) is 34.9 Å². The maximum atomic E-state index is 11.9. The van der Waals surface area contributed by atoms with E-state index >= 15 is 0 Å². The molecule has 0 atom stereocenters. The molecule has 0 radical (unpaired) electrons. The van der Waals surface area contributed by atoms with Crippen LogP contribution in [0, 0.1) is 19.8 Å². The van der Waals surface area contributed by atoms with Crippen molar-refractivity contribution in [2.45, 2.75) is 33.1 Å². The molecule has 0 aromatic heterocycles. The average molecular weight is 217 g/mol. The van der Waals surface area contributed by atoms with E-state index in [1.54, 1.807) is 0 Å². The summed E-state index contributed by atoms with van der Waals surface area (Å²) < 4.78 is 0. The molecule has 1 amide bonds. The molecule has 2 rings (SSSR count). The molecular weight excluding hydrogens is 198 g/mol. The van der Waals surface area contributed by atoms with E-state index in [-0.39, 0.29) is 5.91 Å². The van der Waals surface area contributed by atoms with Crippen LogP contribution in [0.25, 0.3) is 0 Å². The van der Waals surface area contributed by atoms with Gasteiger partial charge in [0.05, 0.1) is 0 Å². The lowest BCUT2D eigenvalue weighted by molar-refractivity contribution is 0.0939. The lowest BCUT2D eigenvalue weighted by Crippen LogP contribution is -2.32. The molecule has 16 heavy (non-hydrogen) atoms. The minimum absolute atomic E-state index is 0.0682. The van der Waals surface area contributed by atoms with Crippen LogP contribution >= 0.6 is 0 Å². The van der Waals surface area contributed by atoms with Gasteiger partial charge < -0.3 is 5.32 Å². The molecule has 86 valence electrons. The first kappa shape index (κ1) is 11.2. The Balaban J connectivity index is 1.96. The molecule has 1 saturated carbocycles. The predicted molar refractivity (Wildman–Crippen MR) is 65.6 cm³/mol. The van der Waals surface area contributed by atoms with E-state index in [0.29, 0.717) is 0 Å². The van der Waals surface area contributed by atoms with Gasteiger partial charge in [0, 0.05) is 12.1 Å². The number of amides is 1. The van der Waals surface area contributed by atoms with Gasteiger partial charge in [-0.25, -0.2) is 0 Å². The van der Waals surface area contributed by atoms with E-state index in [9.17, 15) is 4.79 Å². The third-order valence-electron chi connectivity index (χ3n) is 3.26. The Hall–Kier alpha value is -1.31. The van der Waals surface area contributed by atoms with Gasteiger partial charge in [-0.3, -0.25) is 4.79 Å². The normalized spacial score (nSPS) is 15.6. The van der Waals surface area contributed by atoms with Crippen LogP contribution in [-0.2, 0) is 0 Å². The zero-order valence-corrected chi connectivity index (χ0v) is 10.0. The number of hydrogen-bond acceptors (Lipinski definition) is 1. The van der Waals surface area contributed by atoms with Crippen LogP contribution < -0.4 is 5.32 Å². The fraction of sp³-hybridized carbons (Fsp3) is 0.500. The molecule has 2 nitrogen and oxygen atoms in total. The third-order valence-corrected chi connectivity index (χ3v) is 3.26.